The molecule has 1 heterocycles. The maximum absolute atomic E-state index is 7.26. The van der Waals surface area contributed by atoms with Gasteiger partial charge in [0, 0.05) is 0 Å². The van der Waals surface area contributed by atoms with E-state index in [-0.39, 0.29) is 0 Å². The molecule has 1 aliphatic rings. The SMILES string of the molecule is CCC1OC1CC.O[SiH2]O. The molecule has 0 saturated carbocycles. The Morgan fingerprint density at radius 1 is 1.20 bits per heavy atom. The first-order valence-electron chi connectivity index (χ1n) is 3.67. The summed E-state index contributed by atoms with van der Waals surface area (Å²) in [4.78, 5) is 14.5. The van der Waals surface area contributed by atoms with Crippen molar-refractivity contribution in [2.45, 2.75) is 38.9 Å². The van der Waals surface area contributed by atoms with Crippen LogP contribution in [0.15, 0.2) is 0 Å². The zero-order chi connectivity index (χ0) is 7.98. The molecule has 0 aromatic heterocycles. The van der Waals surface area contributed by atoms with Gasteiger partial charge >= 0.3 is 0 Å². The molecule has 0 aromatic carbocycles. The molecule has 0 bridgehead atoms. The Morgan fingerprint density at radius 2 is 1.50 bits per heavy atom. The number of hydrogen-bond donors (Lipinski definition) is 2. The molecule has 0 spiro atoms. The van der Waals surface area contributed by atoms with Gasteiger partial charge in [-0.15, -0.1) is 0 Å². The zero-order valence-electron chi connectivity index (χ0n) is 6.58. The maximum atomic E-state index is 7.26. The quantitative estimate of drug-likeness (QED) is 0.429. The summed E-state index contributed by atoms with van der Waals surface area (Å²) in [5.74, 6) is 0. The van der Waals surface area contributed by atoms with Gasteiger partial charge in [-0.3, -0.25) is 0 Å². The van der Waals surface area contributed by atoms with Crippen molar-refractivity contribution < 1.29 is 14.3 Å². The van der Waals surface area contributed by atoms with Crippen molar-refractivity contribution in [2.24, 2.45) is 0 Å². The number of ether oxygens (including phenoxy) is 1. The number of epoxide rings is 1. The number of rotatable bonds is 2. The van der Waals surface area contributed by atoms with Crippen molar-refractivity contribution in [1.82, 2.24) is 0 Å². The van der Waals surface area contributed by atoms with E-state index in [2.05, 4.69) is 13.8 Å². The molecular weight excluding hydrogens is 148 g/mol. The Morgan fingerprint density at radius 3 is 1.60 bits per heavy atom. The Bertz CT molecular complexity index is 71.4. The summed E-state index contributed by atoms with van der Waals surface area (Å²) >= 11 is 0. The van der Waals surface area contributed by atoms with Gasteiger partial charge in [-0.2, -0.15) is 0 Å². The van der Waals surface area contributed by atoms with Gasteiger partial charge in [-0.25, -0.2) is 0 Å². The van der Waals surface area contributed by atoms with Crippen LogP contribution < -0.4 is 0 Å². The largest absolute Gasteiger partial charge is 0.415 e. The summed E-state index contributed by atoms with van der Waals surface area (Å²) < 4.78 is 5.22. The van der Waals surface area contributed by atoms with Gasteiger partial charge in [-0.05, 0) is 12.8 Å². The summed E-state index contributed by atoms with van der Waals surface area (Å²) in [5, 5.41) is 0. The molecule has 0 aliphatic carbocycles. The van der Waals surface area contributed by atoms with Crippen molar-refractivity contribution in [3.05, 3.63) is 0 Å². The average molecular weight is 164 g/mol. The summed E-state index contributed by atoms with van der Waals surface area (Å²) in [6, 6.07) is 0. The minimum atomic E-state index is -1.58. The third kappa shape index (κ3) is 4.00. The van der Waals surface area contributed by atoms with Crippen molar-refractivity contribution in [2.75, 3.05) is 0 Å². The minimum absolute atomic E-state index is 0.616. The highest BCUT2D eigenvalue weighted by molar-refractivity contribution is 6.13. The van der Waals surface area contributed by atoms with Crippen molar-refractivity contribution in [3.63, 3.8) is 0 Å². The van der Waals surface area contributed by atoms with E-state index in [4.69, 9.17) is 14.3 Å². The molecule has 0 radical (unpaired) electrons. The van der Waals surface area contributed by atoms with Gasteiger partial charge in [-0.1, -0.05) is 13.8 Å². The van der Waals surface area contributed by atoms with E-state index >= 15 is 0 Å². The van der Waals surface area contributed by atoms with Crippen molar-refractivity contribution in [1.29, 1.82) is 0 Å². The highest BCUT2D eigenvalue weighted by Crippen LogP contribution is 2.26. The lowest BCUT2D eigenvalue weighted by molar-refractivity contribution is 0.363. The predicted molar refractivity (Wildman–Crippen MR) is 42.2 cm³/mol. The Balaban J connectivity index is 0.000000236. The summed E-state index contributed by atoms with van der Waals surface area (Å²) in [6.07, 6.45) is 3.62. The van der Waals surface area contributed by atoms with Gasteiger partial charge < -0.3 is 14.3 Å². The van der Waals surface area contributed by atoms with E-state index in [1.165, 1.54) is 12.8 Å². The molecule has 1 saturated heterocycles. The summed E-state index contributed by atoms with van der Waals surface area (Å²) in [6.45, 7) is 4.33. The van der Waals surface area contributed by atoms with Crippen LogP contribution in [0.4, 0.5) is 0 Å². The van der Waals surface area contributed by atoms with Crippen LogP contribution in [-0.2, 0) is 4.74 Å². The second-order valence-corrected chi connectivity index (χ2v) is 2.45. The van der Waals surface area contributed by atoms with Crippen LogP contribution in [0.2, 0.25) is 0 Å². The van der Waals surface area contributed by atoms with Gasteiger partial charge in [0.1, 0.15) is 0 Å². The summed E-state index contributed by atoms with van der Waals surface area (Å²) in [7, 11) is -1.58. The lowest BCUT2D eigenvalue weighted by Gasteiger charge is -1.77. The predicted octanol–water partition coefficient (Wildman–Crippen LogP) is -0.456. The first-order chi connectivity index (χ1) is 4.79. The van der Waals surface area contributed by atoms with Gasteiger partial charge in [0.25, 0.3) is 10.0 Å². The van der Waals surface area contributed by atoms with E-state index in [1.54, 1.807) is 0 Å². The van der Waals surface area contributed by atoms with Crippen LogP contribution in [0.3, 0.4) is 0 Å². The second-order valence-electron chi connectivity index (χ2n) is 2.17. The molecule has 10 heavy (non-hydrogen) atoms. The van der Waals surface area contributed by atoms with Crippen LogP contribution in [0.1, 0.15) is 26.7 Å². The highest BCUT2D eigenvalue weighted by Gasteiger charge is 2.34. The molecule has 62 valence electrons. The minimum Gasteiger partial charge on any atom is -0.415 e. The van der Waals surface area contributed by atoms with Gasteiger partial charge in [0.2, 0.25) is 0 Å². The normalized spacial score (nSPS) is 28.8. The monoisotopic (exact) mass is 164 g/mol. The topological polar surface area (TPSA) is 53.0 Å². The Hall–Kier alpha value is 0.0969. The third-order valence-electron chi connectivity index (χ3n) is 1.49. The molecule has 4 heteroatoms. The first-order valence-corrected chi connectivity index (χ1v) is 4.93. The van der Waals surface area contributed by atoms with E-state index in [0.717, 1.165) is 0 Å². The lowest BCUT2D eigenvalue weighted by Crippen LogP contribution is -1.87. The maximum Gasteiger partial charge on any atom is 0.299 e. The molecule has 3 nitrogen and oxygen atoms in total. The molecule has 2 unspecified atom stereocenters. The standard InChI is InChI=1S/C6H12O.H4O2Si/c1-3-5-6(4-2)7-5;1-3-2/h5-6H,3-4H2,1-2H3;1-2H,3H2. The Kier molecular flexibility index (Phi) is 5.91. The fraction of sp³-hybridized carbons (Fsp3) is 1.00. The lowest BCUT2D eigenvalue weighted by atomic mass is 10.2. The van der Waals surface area contributed by atoms with Crippen LogP contribution in [0.25, 0.3) is 0 Å². The van der Waals surface area contributed by atoms with E-state index < -0.39 is 10.0 Å². The van der Waals surface area contributed by atoms with Crippen LogP contribution >= 0.6 is 0 Å². The fourth-order valence-corrected chi connectivity index (χ4v) is 0.897. The molecule has 1 rings (SSSR count). The zero-order valence-corrected chi connectivity index (χ0v) is 7.99. The smallest absolute Gasteiger partial charge is 0.299 e. The van der Waals surface area contributed by atoms with Crippen LogP contribution in [0, 0.1) is 0 Å². The third-order valence-corrected chi connectivity index (χ3v) is 1.49. The van der Waals surface area contributed by atoms with Crippen molar-refractivity contribution >= 4 is 10.0 Å². The molecule has 0 aromatic rings. The van der Waals surface area contributed by atoms with Crippen LogP contribution in [-0.4, -0.2) is 31.8 Å². The molecule has 2 atom stereocenters. The second kappa shape index (κ2) is 5.85. The molecule has 1 fully saturated rings. The number of hydrogen-bond acceptors (Lipinski definition) is 3. The molecule has 0 amide bonds. The summed E-state index contributed by atoms with van der Waals surface area (Å²) in [5.41, 5.74) is 0. The highest BCUT2D eigenvalue weighted by atomic mass is 28.2. The van der Waals surface area contributed by atoms with Crippen LogP contribution in [0.5, 0.6) is 0 Å². The van der Waals surface area contributed by atoms with E-state index in [0.29, 0.717) is 12.2 Å². The molecule has 2 N–H and O–H groups in total. The van der Waals surface area contributed by atoms with E-state index in [1.807, 2.05) is 0 Å². The van der Waals surface area contributed by atoms with Gasteiger partial charge in [0.15, 0.2) is 0 Å². The fourth-order valence-electron chi connectivity index (χ4n) is 0.897. The van der Waals surface area contributed by atoms with E-state index in [9.17, 15) is 0 Å². The molecular formula is C6H16O3Si. The molecule has 1 aliphatic heterocycles. The first kappa shape index (κ1) is 10.1. The van der Waals surface area contributed by atoms with Gasteiger partial charge in [0.05, 0.1) is 12.2 Å². The average Bonchev–Trinajstić information content (AvgIpc) is 2.67. The Labute approximate surface area is 64.1 Å². The van der Waals surface area contributed by atoms with Crippen molar-refractivity contribution in [3.8, 4) is 0 Å².